The van der Waals surface area contributed by atoms with E-state index >= 15 is 0 Å². The maximum atomic E-state index is 12.2. The minimum atomic E-state index is -4.41. The third-order valence-corrected chi connectivity index (χ3v) is 2.12. The second-order valence-corrected chi connectivity index (χ2v) is 3.70. The highest BCUT2D eigenvalue weighted by Gasteiger charge is 2.32. The zero-order valence-electron chi connectivity index (χ0n) is 6.59. The van der Waals surface area contributed by atoms with Crippen LogP contribution in [0.3, 0.4) is 0 Å². The molecule has 7 heteroatoms. The molecule has 2 heterocycles. The first-order chi connectivity index (χ1) is 6.47. The predicted octanol–water partition coefficient (Wildman–Crippen LogP) is 2.35. The summed E-state index contributed by atoms with van der Waals surface area (Å²) in [4.78, 5) is 7.24. The van der Waals surface area contributed by atoms with Gasteiger partial charge in [-0.05, 0) is 22.6 Å². The second kappa shape index (κ2) is 3.07. The number of hydrogen-bond acceptors (Lipinski definition) is 2. The standard InChI is InChI=1S/C7H3F3IN3/c8-7(9,10)4-2-14-3-5(11)13-6(14)1-12-4/h1-3H. The molecule has 74 valence electrons. The molecule has 0 aliphatic heterocycles. The van der Waals surface area contributed by atoms with Crippen molar-refractivity contribution < 1.29 is 13.2 Å². The fraction of sp³-hybridized carbons (Fsp3) is 0.143. The van der Waals surface area contributed by atoms with Crippen LogP contribution < -0.4 is 0 Å². The number of aromatic nitrogens is 3. The number of alkyl halides is 3. The summed E-state index contributed by atoms with van der Waals surface area (Å²) >= 11 is 1.92. The Morgan fingerprint density at radius 1 is 1.29 bits per heavy atom. The average Bonchev–Trinajstić information content (AvgIpc) is 2.41. The molecule has 0 fully saturated rings. The van der Waals surface area contributed by atoms with Gasteiger partial charge in [-0.1, -0.05) is 0 Å². The van der Waals surface area contributed by atoms with Crippen molar-refractivity contribution in [3.05, 3.63) is 28.0 Å². The Morgan fingerprint density at radius 2 is 2.00 bits per heavy atom. The van der Waals surface area contributed by atoms with Gasteiger partial charge in [0, 0.05) is 12.4 Å². The lowest BCUT2D eigenvalue weighted by Gasteiger charge is -2.04. The molecule has 0 saturated carbocycles. The van der Waals surface area contributed by atoms with E-state index in [2.05, 4.69) is 9.97 Å². The van der Waals surface area contributed by atoms with Gasteiger partial charge in [0.25, 0.3) is 0 Å². The lowest BCUT2D eigenvalue weighted by Crippen LogP contribution is -2.08. The van der Waals surface area contributed by atoms with Gasteiger partial charge in [0.15, 0.2) is 11.3 Å². The van der Waals surface area contributed by atoms with E-state index in [0.717, 1.165) is 12.4 Å². The molecule has 0 aliphatic carbocycles. The molecule has 2 aromatic heterocycles. The molecule has 0 radical (unpaired) electrons. The van der Waals surface area contributed by atoms with Crippen LogP contribution in [0.1, 0.15) is 5.69 Å². The topological polar surface area (TPSA) is 30.2 Å². The number of nitrogens with zero attached hydrogens (tertiary/aromatic N) is 3. The van der Waals surface area contributed by atoms with E-state index in [9.17, 15) is 13.2 Å². The van der Waals surface area contributed by atoms with Crippen molar-refractivity contribution >= 4 is 28.2 Å². The van der Waals surface area contributed by atoms with E-state index in [4.69, 9.17) is 0 Å². The van der Waals surface area contributed by atoms with Crippen LogP contribution in [0.15, 0.2) is 18.6 Å². The Balaban J connectivity index is 2.62. The highest BCUT2D eigenvalue weighted by Crippen LogP contribution is 2.27. The average molecular weight is 313 g/mol. The lowest BCUT2D eigenvalue weighted by atomic mass is 10.4. The summed E-state index contributed by atoms with van der Waals surface area (Å²) in [5, 5.41) is 0. The predicted molar refractivity (Wildman–Crippen MR) is 50.7 cm³/mol. The van der Waals surface area contributed by atoms with Gasteiger partial charge in [-0.2, -0.15) is 13.2 Å². The van der Waals surface area contributed by atoms with Crippen LogP contribution >= 0.6 is 22.6 Å². The van der Waals surface area contributed by atoms with Crippen LogP contribution in [0.2, 0.25) is 0 Å². The van der Waals surface area contributed by atoms with Gasteiger partial charge >= 0.3 is 6.18 Å². The van der Waals surface area contributed by atoms with E-state index < -0.39 is 11.9 Å². The van der Waals surface area contributed by atoms with Crippen LogP contribution in [0, 0.1) is 3.70 Å². The molecule has 0 unspecified atom stereocenters. The third-order valence-electron chi connectivity index (χ3n) is 1.60. The van der Waals surface area contributed by atoms with Crippen LogP contribution in [0.4, 0.5) is 13.2 Å². The van der Waals surface area contributed by atoms with E-state index in [0.29, 0.717) is 9.35 Å². The normalized spacial score (nSPS) is 12.3. The van der Waals surface area contributed by atoms with Crippen molar-refractivity contribution in [1.82, 2.24) is 14.4 Å². The van der Waals surface area contributed by atoms with Crippen molar-refractivity contribution in [3.8, 4) is 0 Å². The molecule has 0 aliphatic rings. The van der Waals surface area contributed by atoms with Crippen LogP contribution in [-0.4, -0.2) is 14.4 Å². The van der Waals surface area contributed by atoms with Gasteiger partial charge < -0.3 is 4.40 Å². The first kappa shape index (κ1) is 9.69. The molecule has 0 N–H and O–H groups in total. The fourth-order valence-electron chi connectivity index (χ4n) is 1.01. The van der Waals surface area contributed by atoms with E-state index in [1.54, 1.807) is 0 Å². The fourth-order valence-corrected chi connectivity index (χ4v) is 1.56. The second-order valence-electron chi connectivity index (χ2n) is 2.60. The molecule has 2 rings (SSSR count). The van der Waals surface area contributed by atoms with Crippen LogP contribution in [-0.2, 0) is 6.18 Å². The zero-order chi connectivity index (χ0) is 10.3. The largest absolute Gasteiger partial charge is 0.434 e. The molecule has 0 spiro atoms. The molecule has 0 aromatic carbocycles. The number of fused-ring (bicyclic) bond motifs is 1. The molecule has 2 aromatic rings. The molecule has 14 heavy (non-hydrogen) atoms. The molecular weight excluding hydrogens is 310 g/mol. The van der Waals surface area contributed by atoms with Crippen molar-refractivity contribution in [2.24, 2.45) is 0 Å². The number of imidazole rings is 1. The summed E-state index contributed by atoms with van der Waals surface area (Å²) in [5.41, 5.74) is -0.513. The minimum absolute atomic E-state index is 0.405. The van der Waals surface area contributed by atoms with E-state index in [1.807, 2.05) is 22.6 Å². The first-order valence-electron chi connectivity index (χ1n) is 3.54. The maximum Gasteiger partial charge on any atom is 0.434 e. The molecule has 0 atom stereocenters. The number of hydrogen-bond donors (Lipinski definition) is 0. The Bertz CT molecular complexity index is 476. The molecule has 0 amide bonds. The molecule has 3 nitrogen and oxygen atoms in total. The Labute approximate surface area is 90.1 Å². The third kappa shape index (κ3) is 1.68. The summed E-state index contributed by atoms with van der Waals surface area (Å²) < 4.78 is 38.6. The Kier molecular flexibility index (Phi) is 2.13. The Hall–Kier alpha value is -0.860. The summed E-state index contributed by atoms with van der Waals surface area (Å²) in [5.74, 6) is 0. The van der Waals surface area contributed by atoms with Gasteiger partial charge in [0.1, 0.15) is 3.70 Å². The number of rotatable bonds is 0. The summed E-state index contributed by atoms with van der Waals surface area (Å²) in [6.07, 6.45) is -0.883. The van der Waals surface area contributed by atoms with Crippen LogP contribution in [0.5, 0.6) is 0 Å². The SMILES string of the molecule is FC(F)(F)c1cn2cc(I)nc2cn1. The van der Waals surface area contributed by atoms with Gasteiger partial charge in [-0.25, -0.2) is 9.97 Å². The van der Waals surface area contributed by atoms with Gasteiger partial charge in [-0.15, -0.1) is 0 Å². The van der Waals surface area contributed by atoms with Gasteiger partial charge in [0.2, 0.25) is 0 Å². The first-order valence-corrected chi connectivity index (χ1v) is 4.62. The van der Waals surface area contributed by atoms with E-state index in [1.165, 1.54) is 10.6 Å². The summed E-state index contributed by atoms with van der Waals surface area (Å²) in [7, 11) is 0. The molecular formula is C7H3F3IN3. The van der Waals surface area contributed by atoms with Crippen molar-refractivity contribution in [1.29, 1.82) is 0 Å². The maximum absolute atomic E-state index is 12.2. The van der Waals surface area contributed by atoms with Crippen LogP contribution in [0.25, 0.3) is 5.65 Å². The minimum Gasteiger partial charge on any atom is -0.303 e. The summed E-state index contributed by atoms with van der Waals surface area (Å²) in [6.45, 7) is 0. The van der Waals surface area contributed by atoms with Crippen molar-refractivity contribution in [2.75, 3.05) is 0 Å². The molecule has 0 bridgehead atoms. The smallest absolute Gasteiger partial charge is 0.303 e. The lowest BCUT2D eigenvalue weighted by molar-refractivity contribution is -0.141. The summed E-state index contributed by atoms with van der Waals surface area (Å²) in [6, 6.07) is 0. The Morgan fingerprint density at radius 3 is 2.64 bits per heavy atom. The monoisotopic (exact) mass is 313 g/mol. The zero-order valence-corrected chi connectivity index (χ0v) is 8.74. The van der Waals surface area contributed by atoms with Gasteiger partial charge in [0.05, 0.1) is 6.20 Å². The number of halogens is 4. The molecule has 0 saturated heterocycles. The van der Waals surface area contributed by atoms with E-state index in [-0.39, 0.29) is 0 Å². The van der Waals surface area contributed by atoms with Crippen molar-refractivity contribution in [2.45, 2.75) is 6.18 Å². The quantitative estimate of drug-likeness (QED) is 0.699. The van der Waals surface area contributed by atoms with Gasteiger partial charge in [-0.3, -0.25) is 0 Å². The highest BCUT2D eigenvalue weighted by molar-refractivity contribution is 14.1. The highest BCUT2D eigenvalue weighted by atomic mass is 127. The van der Waals surface area contributed by atoms with Crippen molar-refractivity contribution in [3.63, 3.8) is 0 Å².